The van der Waals surface area contributed by atoms with E-state index in [0.29, 0.717) is 12.5 Å². The third-order valence-corrected chi connectivity index (χ3v) is 3.41. The molecule has 0 aliphatic carbocycles. The number of nitrogens with one attached hydrogen (secondary N) is 2. The molecule has 1 atom stereocenters. The van der Waals surface area contributed by atoms with Crippen LogP contribution in [0.25, 0.3) is 0 Å². The first kappa shape index (κ1) is 12.1. The second-order valence-electron chi connectivity index (χ2n) is 4.72. The first-order valence-electron chi connectivity index (χ1n) is 6.45. The molecule has 0 amide bonds. The van der Waals surface area contributed by atoms with E-state index in [1.807, 2.05) is 13.0 Å². The second-order valence-corrected chi connectivity index (χ2v) is 4.72. The van der Waals surface area contributed by atoms with Gasteiger partial charge in [0, 0.05) is 24.3 Å². The standard InChI is InChI=1S/C13H17N5O/c1-9-12(17-7-15-9)5-14-13-4-11(16-8-18-13)10-2-3-19-6-10/h4,7-8,10H,2-3,5-6H2,1H3,(H,15,17)(H,14,16,18)/t10-/m0/s1. The summed E-state index contributed by atoms with van der Waals surface area (Å²) in [6.45, 7) is 4.25. The van der Waals surface area contributed by atoms with Crippen LogP contribution in [0, 0.1) is 6.92 Å². The van der Waals surface area contributed by atoms with Gasteiger partial charge in [0.25, 0.3) is 0 Å². The number of anilines is 1. The highest BCUT2D eigenvalue weighted by Gasteiger charge is 2.19. The van der Waals surface area contributed by atoms with E-state index in [1.165, 1.54) is 0 Å². The molecule has 0 unspecified atom stereocenters. The van der Waals surface area contributed by atoms with Crippen molar-refractivity contribution in [3.8, 4) is 0 Å². The Morgan fingerprint density at radius 2 is 2.37 bits per heavy atom. The van der Waals surface area contributed by atoms with E-state index in [9.17, 15) is 0 Å². The average molecular weight is 259 g/mol. The maximum absolute atomic E-state index is 5.39. The van der Waals surface area contributed by atoms with Crippen molar-refractivity contribution in [2.75, 3.05) is 18.5 Å². The maximum atomic E-state index is 5.39. The van der Waals surface area contributed by atoms with Crippen LogP contribution in [0.1, 0.15) is 29.4 Å². The molecule has 0 aromatic carbocycles. The third kappa shape index (κ3) is 2.73. The smallest absolute Gasteiger partial charge is 0.129 e. The fourth-order valence-corrected chi connectivity index (χ4v) is 2.20. The summed E-state index contributed by atoms with van der Waals surface area (Å²) < 4.78 is 5.39. The molecular formula is C13H17N5O. The van der Waals surface area contributed by atoms with Crippen LogP contribution in [0.5, 0.6) is 0 Å². The molecule has 3 rings (SSSR count). The van der Waals surface area contributed by atoms with Crippen molar-refractivity contribution < 1.29 is 4.74 Å². The van der Waals surface area contributed by atoms with Crippen molar-refractivity contribution in [3.05, 3.63) is 35.8 Å². The lowest BCUT2D eigenvalue weighted by Crippen LogP contribution is -2.06. The Kier molecular flexibility index (Phi) is 3.41. The van der Waals surface area contributed by atoms with E-state index >= 15 is 0 Å². The van der Waals surface area contributed by atoms with Gasteiger partial charge in [0.15, 0.2) is 0 Å². The number of aromatic amines is 1. The van der Waals surface area contributed by atoms with E-state index in [1.54, 1.807) is 12.7 Å². The van der Waals surface area contributed by atoms with Gasteiger partial charge in [0.2, 0.25) is 0 Å². The number of H-pyrrole nitrogens is 1. The molecule has 100 valence electrons. The minimum atomic E-state index is 0.399. The molecule has 2 aromatic rings. The second kappa shape index (κ2) is 5.36. The lowest BCUT2D eigenvalue weighted by Gasteiger charge is -2.09. The van der Waals surface area contributed by atoms with E-state index in [2.05, 4.69) is 25.3 Å². The number of nitrogens with zero attached hydrogens (tertiary/aromatic N) is 3. The van der Waals surface area contributed by atoms with E-state index in [-0.39, 0.29) is 0 Å². The first-order valence-corrected chi connectivity index (χ1v) is 6.45. The minimum absolute atomic E-state index is 0.399. The molecular weight excluding hydrogens is 242 g/mol. The van der Waals surface area contributed by atoms with Crippen LogP contribution in [0.15, 0.2) is 18.7 Å². The van der Waals surface area contributed by atoms with Gasteiger partial charge >= 0.3 is 0 Å². The van der Waals surface area contributed by atoms with Gasteiger partial charge < -0.3 is 15.0 Å². The normalized spacial score (nSPS) is 18.7. The minimum Gasteiger partial charge on any atom is -0.381 e. The Hall–Kier alpha value is -1.95. The summed E-state index contributed by atoms with van der Waals surface area (Å²) in [5.74, 6) is 1.23. The highest BCUT2D eigenvalue weighted by molar-refractivity contribution is 5.36. The van der Waals surface area contributed by atoms with E-state index < -0.39 is 0 Å². The van der Waals surface area contributed by atoms with Crippen LogP contribution in [0.3, 0.4) is 0 Å². The molecule has 1 aliphatic heterocycles. The largest absolute Gasteiger partial charge is 0.381 e. The fourth-order valence-electron chi connectivity index (χ4n) is 2.20. The zero-order valence-corrected chi connectivity index (χ0v) is 10.9. The van der Waals surface area contributed by atoms with Gasteiger partial charge in [-0.2, -0.15) is 0 Å². The summed E-state index contributed by atoms with van der Waals surface area (Å²) in [5.41, 5.74) is 3.13. The number of aromatic nitrogens is 4. The molecule has 2 aromatic heterocycles. The van der Waals surface area contributed by atoms with Crippen molar-refractivity contribution in [2.45, 2.75) is 25.8 Å². The molecule has 0 bridgehead atoms. The molecule has 6 heteroatoms. The lowest BCUT2D eigenvalue weighted by molar-refractivity contribution is 0.193. The molecule has 2 N–H and O–H groups in total. The van der Waals surface area contributed by atoms with Gasteiger partial charge in [-0.05, 0) is 13.3 Å². The summed E-state index contributed by atoms with van der Waals surface area (Å²) in [4.78, 5) is 15.9. The maximum Gasteiger partial charge on any atom is 0.129 e. The van der Waals surface area contributed by atoms with Crippen LogP contribution in [0.2, 0.25) is 0 Å². The van der Waals surface area contributed by atoms with Crippen LogP contribution >= 0.6 is 0 Å². The van der Waals surface area contributed by atoms with Gasteiger partial charge in [-0.1, -0.05) is 0 Å². The highest BCUT2D eigenvalue weighted by atomic mass is 16.5. The van der Waals surface area contributed by atoms with Crippen molar-refractivity contribution in [2.24, 2.45) is 0 Å². The monoisotopic (exact) mass is 259 g/mol. The Bertz CT molecular complexity index is 547. The topological polar surface area (TPSA) is 75.7 Å². The fraction of sp³-hybridized carbons (Fsp3) is 0.462. The lowest BCUT2D eigenvalue weighted by atomic mass is 10.1. The number of hydrogen-bond donors (Lipinski definition) is 2. The summed E-state index contributed by atoms with van der Waals surface area (Å²) >= 11 is 0. The van der Waals surface area contributed by atoms with E-state index in [4.69, 9.17) is 4.74 Å². The summed E-state index contributed by atoms with van der Waals surface area (Å²) in [6.07, 6.45) is 4.34. The first-order chi connectivity index (χ1) is 9.33. The van der Waals surface area contributed by atoms with Gasteiger partial charge in [0.05, 0.1) is 30.9 Å². The Labute approximate surface area is 111 Å². The highest BCUT2D eigenvalue weighted by Crippen LogP contribution is 2.24. The molecule has 6 nitrogen and oxygen atoms in total. The molecule has 3 heterocycles. The Morgan fingerprint density at radius 3 is 3.11 bits per heavy atom. The molecule has 1 saturated heterocycles. The van der Waals surface area contributed by atoms with E-state index in [0.717, 1.165) is 42.5 Å². The van der Waals surface area contributed by atoms with Gasteiger partial charge in [-0.3, -0.25) is 0 Å². The SMILES string of the molecule is Cc1[nH]cnc1CNc1cc([C@H]2CCOC2)ncn1. The zero-order valence-electron chi connectivity index (χ0n) is 10.9. The molecule has 1 fully saturated rings. The Balaban J connectivity index is 1.67. The van der Waals surface area contributed by atoms with Crippen molar-refractivity contribution >= 4 is 5.82 Å². The third-order valence-electron chi connectivity index (χ3n) is 3.41. The predicted octanol–water partition coefficient (Wildman–Crippen LogP) is 1.62. The molecule has 0 saturated carbocycles. The predicted molar refractivity (Wildman–Crippen MR) is 70.9 cm³/mol. The van der Waals surface area contributed by atoms with Crippen LogP contribution in [-0.4, -0.2) is 33.1 Å². The van der Waals surface area contributed by atoms with Crippen LogP contribution < -0.4 is 5.32 Å². The Morgan fingerprint density at radius 1 is 1.42 bits per heavy atom. The van der Waals surface area contributed by atoms with Gasteiger partial charge in [0.1, 0.15) is 12.1 Å². The van der Waals surface area contributed by atoms with Gasteiger partial charge in [-0.25, -0.2) is 15.0 Å². The number of imidazole rings is 1. The molecule has 1 aliphatic rings. The van der Waals surface area contributed by atoms with Crippen molar-refractivity contribution in [1.29, 1.82) is 0 Å². The van der Waals surface area contributed by atoms with Crippen LogP contribution in [0.4, 0.5) is 5.82 Å². The number of aryl methyl sites for hydroxylation is 1. The zero-order chi connectivity index (χ0) is 13.1. The number of hydrogen-bond acceptors (Lipinski definition) is 5. The quantitative estimate of drug-likeness (QED) is 0.872. The number of ether oxygens (including phenoxy) is 1. The molecule has 19 heavy (non-hydrogen) atoms. The van der Waals surface area contributed by atoms with Crippen LogP contribution in [-0.2, 0) is 11.3 Å². The summed E-state index contributed by atoms with van der Waals surface area (Å²) in [5, 5.41) is 3.28. The average Bonchev–Trinajstić information content (AvgIpc) is 3.08. The molecule has 0 spiro atoms. The van der Waals surface area contributed by atoms with Crippen molar-refractivity contribution in [3.63, 3.8) is 0 Å². The summed E-state index contributed by atoms with van der Waals surface area (Å²) in [7, 11) is 0. The van der Waals surface area contributed by atoms with Crippen molar-refractivity contribution in [1.82, 2.24) is 19.9 Å². The summed E-state index contributed by atoms with van der Waals surface area (Å²) in [6, 6.07) is 2.00. The van der Waals surface area contributed by atoms with Gasteiger partial charge in [-0.15, -0.1) is 0 Å². The number of rotatable bonds is 4. The molecule has 0 radical (unpaired) electrons.